The van der Waals surface area contributed by atoms with Crippen LogP contribution in [0.5, 0.6) is 0 Å². The van der Waals surface area contributed by atoms with Gasteiger partial charge >= 0.3 is 0 Å². The van der Waals surface area contributed by atoms with Crippen LogP contribution in [0.2, 0.25) is 0 Å². The molecule has 0 aromatic carbocycles. The lowest BCUT2D eigenvalue weighted by molar-refractivity contribution is 0.0919. The Morgan fingerprint density at radius 1 is 1.10 bits per heavy atom. The van der Waals surface area contributed by atoms with Gasteiger partial charge in [-0.25, -0.2) is 0 Å². The summed E-state index contributed by atoms with van der Waals surface area (Å²) in [6.45, 7) is 18.2. The molecular weight excluding hydrogens is 244 g/mol. The van der Waals surface area contributed by atoms with Crippen molar-refractivity contribution in [1.29, 1.82) is 0 Å². The SMILES string of the molecule is C=C(C)C1CC(/C(=C(/C)CC)N2CCN(C)CC2)C1C. The van der Waals surface area contributed by atoms with Gasteiger partial charge in [-0.1, -0.05) is 31.6 Å². The summed E-state index contributed by atoms with van der Waals surface area (Å²) in [7, 11) is 2.23. The number of allylic oxidation sites excluding steroid dienone is 3. The highest BCUT2D eigenvalue weighted by atomic mass is 15.3. The summed E-state index contributed by atoms with van der Waals surface area (Å²) in [5, 5.41) is 0. The molecule has 3 atom stereocenters. The van der Waals surface area contributed by atoms with Crippen molar-refractivity contribution in [1.82, 2.24) is 9.80 Å². The van der Waals surface area contributed by atoms with E-state index < -0.39 is 0 Å². The van der Waals surface area contributed by atoms with E-state index in [1.807, 2.05) is 0 Å². The van der Waals surface area contributed by atoms with Crippen molar-refractivity contribution >= 4 is 0 Å². The largest absolute Gasteiger partial charge is 0.372 e. The summed E-state index contributed by atoms with van der Waals surface area (Å²) in [6, 6.07) is 0. The van der Waals surface area contributed by atoms with Gasteiger partial charge in [0.25, 0.3) is 0 Å². The summed E-state index contributed by atoms with van der Waals surface area (Å²) in [4.78, 5) is 5.12. The Labute approximate surface area is 125 Å². The zero-order chi connectivity index (χ0) is 14.9. The first-order valence-corrected chi connectivity index (χ1v) is 8.24. The fourth-order valence-corrected chi connectivity index (χ4v) is 3.85. The molecule has 0 bridgehead atoms. The standard InChI is InChI=1S/C18H32N2/c1-7-14(4)18(20-10-8-19(6)9-11-20)17-12-16(13(2)3)15(17)5/h15-17H,2,7-12H2,1,3-6H3/b18-14+. The highest BCUT2D eigenvalue weighted by molar-refractivity contribution is 5.22. The van der Waals surface area contributed by atoms with E-state index in [4.69, 9.17) is 0 Å². The number of hydrogen-bond donors (Lipinski definition) is 0. The first-order chi connectivity index (χ1) is 9.45. The summed E-state index contributed by atoms with van der Waals surface area (Å²) < 4.78 is 0. The third-order valence-corrected chi connectivity index (χ3v) is 5.57. The zero-order valence-corrected chi connectivity index (χ0v) is 14.1. The molecule has 1 aliphatic carbocycles. The molecule has 114 valence electrons. The van der Waals surface area contributed by atoms with Gasteiger partial charge in [0.2, 0.25) is 0 Å². The molecule has 1 saturated carbocycles. The molecule has 0 spiro atoms. The normalized spacial score (nSPS) is 32.6. The number of nitrogens with zero attached hydrogens (tertiary/aromatic N) is 2. The minimum atomic E-state index is 0.743. The monoisotopic (exact) mass is 276 g/mol. The third-order valence-electron chi connectivity index (χ3n) is 5.57. The molecule has 1 saturated heterocycles. The molecule has 0 radical (unpaired) electrons. The van der Waals surface area contributed by atoms with Crippen LogP contribution in [0.25, 0.3) is 0 Å². The quantitative estimate of drug-likeness (QED) is 0.721. The topological polar surface area (TPSA) is 6.48 Å². The van der Waals surface area contributed by atoms with Crippen molar-refractivity contribution < 1.29 is 0 Å². The van der Waals surface area contributed by atoms with Gasteiger partial charge in [-0.3, -0.25) is 0 Å². The van der Waals surface area contributed by atoms with Crippen LogP contribution in [-0.2, 0) is 0 Å². The Bertz CT molecular complexity index is 388. The Kier molecular flexibility index (Phi) is 4.95. The van der Waals surface area contributed by atoms with Crippen LogP contribution in [0.15, 0.2) is 23.4 Å². The molecule has 0 amide bonds. The molecule has 2 rings (SSSR count). The van der Waals surface area contributed by atoms with Crippen molar-refractivity contribution in [2.24, 2.45) is 17.8 Å². The number of rotatable bonds is 4. The van der Waals surface area contributed by atoms with E-state index in [2.05, 4.69) is 51.1 Å². The predicted molar refractivity (Wildman–Crippen MR) is 87.6 cm³/mol. The molecule has 0 aromatic heterocycles. The van der Waals surface area contributed by atoms with Crippen molar-refractivity contribution in [3.63, 3.8) is 0 Å². The van der Waals surface area contributed by atoms with Crippen LogP contribution >= 0.6 is 0 Å². The van der Waals surface area contributed by atoms with Gasteiger partial charge in [-0.2, -0.15) is 0 Å². The molecule has 0 N–H and O–H groups in total. The summed E-state index contributed by atoms with van der Waals surface area (Å²) in [5.41, 5.74) is 4.65. The van der Waals surface area contributed by atoms with Crippen molar-refractivity contribution in [2.45, 2.75) is 40.5 Å². The Morgan fingerprint density at radius 2 is 1.70 bits per heavy atom. The first-order valence-electron chi connectivity index (χ1n) is 8.24. The number of piperazine rings is 1. The average molecular weight is 276 g/mol. The second kappa shape index (κ2) is 6.34. The first kappa shape index (κ1) is 15.6. The average Bonchev–Trinajstić information content (AvgIpc) is 2.42. The second-order valence-corrected chi connectivity index (χ2v) is 6.96. The Hall–Kier alpha value is -0.760. The highest BCUT2D eigenvalue weighted by Crippen LogP contribution is 2.49. The van der Waals surface area contributed by atoms with Gasteiger partial charge in [0.05, 0.1) is 0 Å². The maximum Gasteiger partial charge on any atom is 0.0303 e. The molecule has 1 heterocycles. The highest BCUT2D eigenvalue weighted by Gasteiger charge is 2.42. The van der Waals surface area contributed by atoms with E-state index in [9.17, 15) is 0 Å². The molecule has 2 nitrogen and oxygen atoms in total. The maximum atomic E-state index is 4.17. The van der Waals surface area contributed by atoms with E-state index in [-0.39, 0.29) is 0 Å². The molecule has 1 aliphatic heterocycles. The van der Waals surface area contributed by atoms with Crippen LogP contribution in [0.3, 0.4) is 0 Å². The van der Waals surface area contributed by atoms with E-state index in [0.29, 0.717) is 0 Å². The van der Waals surface area contributed by atoms with E-state index in [1.54, 1.807) is 11.3 Å². The van der Waals surface area contributed by atoms with Crippen LogP contribution in [0, 0.1) is 17.8 Å². The van der Waals surface area contributed by atoms with Gasteiger partial charge in [0.1, 0.15) is 0 Å². The molecule has 3 unspecified atom stereocenters. The van der Waals surface area contributed by atoms with Gasteiger partial charge in [0, 0.05) is 37.8 Å². The minimum Gasteiger partial charge on any atom is -0.372 e. The van der Waals surface area contributed by atoms with Crippen LogP contribution in [-0.4, -0.2) is 43.0 Å². The maximum absolute atomic E-state index is 4.17. The summed E-state index contributed by atoms with van der Waals surface area (Å²) >= 11 is 0. The van der Waals surface area contributed by atoms with E-state index in [1.165, 1.54) is 44.6 Å². The number of hydrogen-bond acceptors (Lipinski definition) is 2. The minimum absolute atomic E-state index is 0.743. The lowest BCUT2D eigenvalue weighted by atomic mass is 9.61. The third kappa shape index (κ3) is 2.95. The molecule has 2 heteroatoms. The number of likely N-dealkylation sites (N-methyl/N-ethyl adjacent to an activating group) is 1. The lowest BCUT2D eigenvalue weighted by Gasteiger charge is -2.49. The smallest absolute Gasteiger partial charge is 0.0303 e. The molecule has 2 fully saturated rings. The fraction of sp³-hybridized carbons (Fsp3) is 0.778. The van der Waals surface area contributed by atoms with Gasteiger partial charge in [-0.15, -0.1) is 0 Å². The predicted octanol–water partition coefficient (Wildman–Crippen LogP) is 3.77. The molecular formula is C18H32N2. The van der Waals surface area contributed by atoms with Crippen molar-refractivity contribution in [2.75, 3.05) is 33.2 Å². The Morgan fingerprint density at radius 3 is 2.15 bits per heavy atom. The van der Waals surface area contributed by atoms with Gasteiger partial charge in [0.15, 0.2) is 0 Å². The molecule has 0 aromatic rings. The summed E-state index contributed by atoms with van der Waals surface area (Å²) in [6.07, 6.45) is 2.50. The van der Waals surface area contributed by atoms with Gasteiger partial charge in [-0.05, 0) is 45.6 Å². The van der Waals surface area contributed by atoms with Crippen LogP contribution < -0.4 is 0 Å². The van der Waals surface area contributed by atoms with Crippen molar-refractivity contribution in [3.05, 3.63) is 23.4 Å². The zero-order valence-electron chi connectivity index (χ0n) is 14.1. The van der Waals surface area contributed by atoms with Crippen molar-refractivity contribution in [3.8, 4) is 0 Å². The van der Waals surface area contributed by atoms with Crippen LogP contribution in [0.4, 0.5) is 0 Å². The molecule has 20 heavy (non-hydrogen) atoms. The van der Waals surface area contributed by atoms with Crippen LogP contribution in [0.1, 0.15) is 40.5 Å². The fourth-order valence-electron chi connectivity index (χ4n) is 3.85. The second-order valence-electron chi connectivity index (χ2n) is 6.96. The molecule has 2 aliphatic rings. The Balaban J connectivity index is 2.13. The summed E-state index contributed by atoms with van der Waals surface area (Å²) in [5.74, 6) is 2.27. The van der Waals surface area contributed by atoms with Gasteiger partial charge < -0.3 is 9.80 Å². The van der Waals surface area contributed by atoms with E-state index in [0.717, 1.165) is 17.8 Å². The lowest BCUT2D eigenvalue weighted by Crippen LogP contribution is -2.49. The van der Waals surface area contributed by atoms with E-state index >= 15 is 0 Å².